The first kappa shape index (κ1) is 16.3. The maximum atomic E-state index is 12.4. The topological polar surface area (TPSA) is 88.3 Å². The van der Waals surface area contributed by atoms with Gasteiger partial charge in [0.15, 0.2) is 0 Å². The number of rotatable bonds is 5. The molecule has 0 bridgehead atoms. The van der Waals surface area contributed by atoms with Crippen LogP contribution in [0.2, 0.25) is 0 Å². The quantitative estimate of drug-likeness (QED) is 0.758. The lowest BCUT2D eigenvalue weighted by atomic mass is 9.98. The Morgan fingerprint density at radius 2 is 2.19 bits per heavy atom. The van der Waals surface area contributed by atoms with Gasteiger partial charge in [-0.15, -0.1) is 0 Å². The van der Waals surface area contributed by atoms with Gasteiger partial charge in [0.1, 0.15) is 15.6 Å². The molecule has 1 aromatic rings. The first-order valence-corrected chi connectivity index (χ1v) is 8.72. The number of likely N-dealkylation sites (tertiary alicyclic amines) is 1. The molecule has 1 aromatic heterocycles. The third-order valence-electron chi connectivity index (χ3n) is 3.69. The Labute approximate surface area is 130 Å². The lowest BCUT2D eigenvalue weighted by Crippen LogP contribution is -2.37. The average molecular weight is 328 g/mol. The van der Waals surface area contributed by atoms with E-state index in [9.17, 15) is 8.42 Å². The van der Waals surface area contributed by atoms with Crippen LogP contribution in [0.1, 0.15) is 18.5 Å². The molecule has 0 aliphatic carbocycles. The summed E-state index contributed by atoms with van der Waals surface area (Å²) < 4.78 is 27.4. The summed E-state index contributed by atoms with van der Waals surface area (Å²) in [4.78, 5) is 6.23. The first-order chi connectivity index (χ1) is 9.90. The fraction of sp³-hybridized carbons (Fsp3) is 0.538. The third kappa shape index (κ3) is 4.19. The Morgan fingerprint density at radius 3 is 2.81 bits per heavy atom. The standard InChI is InChI=1S/C13H20N4O2S2/c1-17-7-4-10(5-8-17)9-16-21(18,19)11-3-2-6-15-12(11)13(14)20/h2-3,6,10,16H,4-5,7-9H2,1H3,(H2,14,20). The van der Waals surface area contributed by atoms with Crippen molar-refractivity contribution in [2.45, 2.75) is 17.7 Å². The zero-order valence-electron chi connectivity index (χ0n) is 11.9. The summed E-state index contributed by atoms with van der Waals surface area (Å²) >= 11 is 4.86. The van der Waals surface area contributed by atoms with E-state index in [1.165, 1.54) is 12.3 Å². The van der Waals surface area contributed by atoms with Crippen molar-refractivity contribution in [1.29, 1.82) is 0 Å². The van der Waals surface area contributed by atoms with Gasteiger partial charge in [-0.2, -0.15) is 0 Å². The van der Waals surface area contributed by atoms with Crippen LogP contribution in [0.4, 0.5) is 0 Å². The van der Waals surface area contributed by atoms with Gasteiger partial charge in [0.2, 0.25) is 10.0 Å². The minimum Gasteiger partial charge on any atom is -0.388 e. The summed E-state index contributed by atoms with van der Waals surface area (Å²) in [5.74, 6) is 0.362. The summed E-state index contributed by atoms with van der Waals surface area (Å²) in [5, 5.41) is 0. The number of thiocarbonyl (C=S) groups is 1. The highest BCUT2D eigenvalue weighted by Gasteiger charge is 2.23. The number of aromatic nitrogens is 1. The van der Waals surface area contributed by atoms with Gasteiger partial charge in [-0.05, 0) is 51.0 Å². The molecule has 2 rings (SSSR count). The van der Waals surface area contributed by atoms with Crippen LogP contribution in [0.25, 0.3) is 0 Å². The minimum absolute atomic E-state index is 0.0183. The van der Waals surface area contributed by atoms with Crippen molar-refractivity contribution in [3.05, 3.63) is 24.0 Å². The molecule has 1 aliphatic rings. The monoisotopic (exact) mass is 328 g/mol. The highest BCUT2D eigenvalue weighted by molar-refractivity contribution is 7.89. The van der Waals surface area contributed by atoms with Crippen LogP contribution in [0.5, 0.6) is 0 Å². The van der Waals surface area contributed by atoms with E-state index >= 15 is 0 Å². The number of piperidine rings is 1. The van der Waals surface area contributed by atoms with E-state index in [2.05, 4.69) is 21.7 Å². The molecule has 116 valence electrons. The van der Waals surface area contributed by atoms with Gasteiger partial charge < -0.3 is 10.6 Å². The summed E-state index contributed by atoms with van der Waals surface area (Å²) in [7, 11) is -1.57. The molecule has 0 spiro atoms. The predicted molar refractivity (Wildman–Crippen MR) is 85.5 cm³/mol. The summed E-state index contributed by atoms with van der Waals surface area (Å²) in [6.07, 6.45) is 3.47. The number of hydrogen-bond donors (Lipinski definition) is 2. The van der Waals surface area contributed by atoms with Gasteiger partial charge in [0.05, 0.1) is 0 Å². The van der Waals surface area contributed by atoms with Crippen molar-refractivity contribution in [2.75, 3.05) is 26.7 Å². The van der Waals surface area contributed by atoms with Crippen molar-refractivity contribution in [3.8, 4) is 0 Å². The lowest BCUT2D eigenvalue weighted by Gasteiger charge is -2.28. The molecule has 8 heteroatoms. The van der Waals surface area contributed by atoms with Crippen molar-refractivity contribution in [1.82, 2.24) is 14.6 Å². The van der Waals surface area contributed by atoms with E-state index in [0.717, 1.165) is 25.9 Å². The van der Waals surface area contributed by atoms with Gasteiger partial charge in [-0.25, -0.2) is 13.1 Å². The van der Waals surface area contributed by atoms with Gasteiger partial charge in [0, 0.05) is 12.7 Å². The maximum Gasteiger partial charge on any atom is 0.242 e. The normalized spacial score (nSPS) is 17.8. The Morgan fingerprint density at radius 1 is 1.52 bits per heavy atom. The highest BCUT2D eigenvalue weighted by atomic mass is 32.2. The van der Waals surface area contributed by atoms with Crippen molar-refractivity contribution in [2.24, 2.45) is 11.7 Å². The molecule has 1 aliphatic heterocycles. The third-order valence-corrected chi connectivity index (χ3v) is 5.34. The van der Waals surface area contributed by atoms with Crippen LogP contribution < -0.4 is 10.5 Å². The van der Waals surface area contributed by atoms with Gasteiger partial charge in [0.25, 0.3) is 0 Å². The minimum atomic E-state index is -3.64. The van der Waals surface area contributed by atoms with Crippen LogP contribution in [0.3, 0.4) is 0 Å². The van der Waals surface area contributed by atoms with Crippen molar-refractivity contribution < 1.29 is 8.42 Å². The number of pyridine rings is 1. The number of sulfonamides is 1. The van der Waals surface area contributed by atoms with Crippen LogP contribution in [-0.2, 0) is 10.0 Å². The van der Waals surface area contributed by atoms with E-state index < -0.39 is 10.0 Å². The Balaban J connectivity index is 2.07. The Kier molecular flexibility index (Phi) is 5.26. The fourth-order valence-corrected chi connectivity index (χ4v) is 3.88. The second-order valence-electron chi connectivity index (χ2n) is 5.31. The van der Waals surface area contributed by atoms with E-state index in [1.807, 2.05) is 0 Å². The van der Waals surface area contributed by atoms with Gasteiger partial charge >= 0.3 is 0 Å². The Hall–Kier alpha value is -1.09. The predicted octanol–water partition coefficient (Wildman–Crippen LogP) is 0.336. The fourth-order valence-electron chi connectivity index (χ4n) is 2.36. The molecule has 2 heterocycles. The zero-order chi connectivity index (χ0) is 15.5. The van der Waals surface area contributed by atoms with E-state index in [4.69, 9.17) is 18.0 Å². The molecule has 6 nitrogen and oxygen atoms in total. The molecule has 0 unspecified atom stereocenters. The van der Waals surface area contributed by atoms with Crippen LogP contribution in [0, 0.1) is 5.92 Å². The highest BCUT2D eigenvalue weighted by Crippen LogP contribution is 2.17. The van der Waals surface area contributed by atoms with E-state index in [-0.39, 0.29) is 15.6 Å². The van der Waals surface area contributed by atoms with Crippen LogP contribution >= 0.6 is 12.2 Å². The van der Waals surface area contributed by atoms with Crippen LogP contribution in [-0.4, -0.2) is 50.0 Å². The molecule has 1 saturated heterocycles. The second-order valence-corrected chi connectivity index (χ2v) is 7.49. The molecular weight excluding hydrogens is 308 g/mol. The molecule has 1 fully saturated rings. The molecule has 0 radical (unpaired) electrons. The largest absolute Gasteiger partial charge is 0.388 e. The number of nitrogens with one attached hydrogen (secondary N) is 1. The zero-order valence-corrected chi connectivity index (χ0v) is 13.6. The SMILES string of the molecule is CN1CCC(CNS(=O)(=O)c2cccnc2C(N)=S)CC1. The van der Waals surface area contributed by atoms with Crippen molar-refractivity contribution in [3.63, 3.8) is 0 Å². The summed E-state index contributed by atoms with van der Waals surface area (Å²) in [6, 6.07) is 3.03. The number of nitrogens with two attached hydrogens (primary N) is 1. The number of nitrogens with zero attached hydrogens (tertiary/aromatic N) is 2. The van der Waals surface area contributed by atoms with E-state index in [0.29, 0.717) is 12.5 Å². The molecule has 0 amide bonds. The van der Waals surface area contributed by atoms with E-state index in [1.54, 1.807) is 6.07 Å². The first-order valence-electron chi connectivity index (χ1n) is 6.83. The van der Waals surface area contributed by atoms with Crippen LogP contribution in [0.15, 0.2) is 23.2 Å². The smallest absolute Gasteiger partial charge is 0.242 e. The van der Waals surface area contributed by atoms with Gasteiger partial charge in [-0.1, -0.05) is 12.2 Å². The van der Waals surface area contributed by atoms with Gasteiger partial charge in [-0.3, -0.25) is 4.98 Å². The maximum absolute atomic E-state index is 12.4. The molecular formula is C13H20N4O2S2. The summed E-state index contributed by atoms with van der Waals surface area (Å²) in [5.41, 5.74) is 5.68. The lowest BCUT2D eigenvalue weighted by molar-refractivity contribution is 0.220. The number of hydrogen-bond acceptors (Lipinski definition) is 5. The average Bonchev–Trinajstić information content (AvgIpc) is 2.47. The Bertz CT molecular complexity index is 610. The molecule has 3 N–H and O–H groups in total. The van der Waals surface area contributed by atoms with Crippen molar-refractivity contribution >= 4 is 27.2 Å². The summed E-state index contributed by atoms with van der Waals surface area (Å²) in [6.45, 7) is 2.43. The molecule has 0 atom stereocenters. The molecule has 21 heavy (non-hydrogen) atoms. The molecule has 0 aromatic carbocycles. The second kappa shape index (κ2) is 6.78. The molecule has 0 saturated carbocycles.